The molecule has 0 rings (SSSR count). The summed E-state index contributed by atoms with van der Waals surface area (Å²) in [5.74, 6) is -0.526. The fraction of sp³-hybridized carbons (Fsp3) is 0.947. The zero-order chi connectivity index (χ0) is 70.0. The number of hydrogen-bond donors (Lipinski definition) is 3. The van der Waals surface area contributed by atoms with Crippen molar-refractivity contribution in [3.05, 3.63) is 0 Å². The first-order valence-corrected chi connectivity index (χ1v) is 42.5. The Bertz CT molecular complexity index is 1840. The van der Waals surface area contributed by atoms with E-state index in [0.717, 1.165) is 102 Å². The predicted octanol–water partition coefficient (Wildman–Crippen LogP) is 22.3. The topological polar surface area (TPSA) is 237 Å². The molecular formula is C76H148O17P2. The molecule has 3 unspecified atom stereocenters. The van der Waals surface area contributed by atoms with Gasteiger partial charge in [-0.1, -0.05) is 343 Å². The van der Waals surface area contributed by atoms with Crippen molar-refractivity contribution in [1.82, 2.24) is 0 Å². The molecule has 6 atom stereocenters. The Morgan fingerprint density at radius 1 is 0.305 bits per heavy atom. The zero-order valence-electron chi connectivity index (χ0n) is 62.0. The van der Waals surface area contributed by atoms with E-state index >= 15 is 0 Å². The van der Waals surface area contributed by atoms with Crippen molar-refractivity contribution in [3.63, 3.8) is 0 Å². The van der Waals surface area contributed by atoms with Crippen LogP contribution in [0.4, 0.5) is 0 Å². The van der Waals surface area contributed by atoms with Crippen LogP contribution < -0.4 is 0 Å². The van der Waals surface area contributed by atoms with Crippen molar-refractivity contribution in [2.24, 2.45) is 11.8 Å². The van der Waals surface area contributed by atoms with Crippen LogP contribution in [0.3, 0.4) is 0 Å². The lowest BCUT2D eigenvalue weighted by Gasteiger charge is -2.21. The lowest BCUT2D eigenvalue weighted by Crippen LogP contribution is -2.30. The molecule has 0 spiro atoms. The van der Waals surface area contributed by atoms with Gasteiger partial charge < -0.3 is 33.8 Å². The van der Waals surface area contributed by atoms with Crippen LogP contribution in [0, 0.1) is 11.8 Å². The lowest BCUT2D eigenvalue weighted by molar-refractivity contribution is -0.161. The Morgan fingerprint density at radius 2 is 0.537 bits per heavy atom. The number of rotatable bonds is 75. The maximum absolute atomic E-state index is 13.1. The average molecular weight is 1400 g/mol. The number of unbranched alkanes of at least 4 members (excludes halogenated alkanes) is 44. The summed E-state index contributed by atoms with van der Waals surface area (Å²) in [6.07, 6.45) is 55.2. The summed E-state index contributed by atoms with van der Waals surface area (Å²) >= 11 is 0. The third kappa shape index (κ3) is 69.0. The van der Waals surface area contributed by atoms with Crippen molar-refractivity contribution in [1.29, 1.82) is 0 Å². The van der Waals surface area contributed by atoms with Crippen LogP contribution in [0.25, 0.3) is 0 Å². The summed E-state index contributed by atoms with van der Waals surface area (Å²) in [6, 6.07) is 0. The van der Waals surface area contributed by atoms with E-state index in [1.54, 1.807) is 0 Å². The van der Waals surface area contributed by atoms with Gasteiger partial charge in [0.15, 0.2) is 12.2 Å². The summed E-state index contributed by atoms with van der Waals surface area (Å²) in [4.78, 5) is 72.9. The molecule has 0 fully saturated rings. The maximum Gasteiger partial charge on any atom is 0.472 e. The minimum absolute atomic E-state index is 0.107. The van der Waals surface area contributed by atoms with Crippen LogP contribution in [0.1, 0.15) is 395 Å². The molecule has 0 heterocycles. The quantitative estimate of drug-likeness (QED) is 0.0222. The van der Waals surface area contributed by atoms with Gasteiger partial charge in [0, 0.05) is 25.7 Å². The van der Waals surface area contributed by atoms with Gasteiger partial charge in [0.1, 0.15) is 19.3 Å². The molecule has 0 aliphatic rings. The van der Waals surface area contributed by atoms with Gasteiger partial charge in [0.25, 0.3) is 0 Å². The maximum atomic E-state index is 13.1. The molecule has 0 aromatic rings. The standard InChI is InChI=1S/C76H148O17P2/c1-7-10-12-14-16-18-20-22-27-34-40-46-52-58-73(78)86-64-71(92-75(80)60-54-48-42-36-28-23-21-19-17-15-13-11-8-2)66-90-94(82,83)88-62-70(77)63-89-95(84,85)91-67-72(65-87-74(79)59-53-47-41-35-31-30-33-39-45-51-57-69(6)9-3)93-76(81)61-55-49-43-37-29-25-24-26-32-38-44-50-56-68(4)5/h68-72,77H,7-67H2,1-6H3,(H,82,83)(H,84,85)/t69?,70-,71+,72+/m0/s1. The summed E-state index contributed by atoms with van der Waals surface area (Å²) in [7, 11) is -9.91. The second-order valence-electron chi connectivity index (χ2n) is 28.1. The summed E-state index contributed by atoms with van der Waals surface area (Å²) in [5.41, 5.74) is 0. The lowest BCUT2D eigenvalue weighted by atomic mass is 9.99. The van der Waals surface area contributed by atoms with Gasteiger partial charge in [0.2, 0.25) is 0 Å². The number of hydrogen-bond acceptors (Lipinski definition) is 15. The smallest absolute Gasteiger partial charge is 0.462 e. The molecule has 564 valence electrons. The summed E-state index contributed by atoms with van der Waals surface area (Å²) in [5, 5.41) is 10.6. The van der Waals surface area contributed by atoms with Crippen LogP contribution in [0.5, 0.6) is 0 Å². The minimum atomic E-state index is -4.96. The second-order valence-corrected chi connectivity index (χ2v) is 31.0. The Labute approximate surface area is 581 Å². The molecule has 3 N–H and O–H groups in total. The Balaban J connectivity index is 5.27. The fourth-order valence-corrected chi connectivity index (χ4v) is 13.2. The first-order valence-electron chi connectivity index (χ1n) is 39.5. The van der Waals surface area contributed by atoms with Crippen molar-refractivity contribution >= 4 is 39.5 Å². The third-order valence-electron chi connectivity index (χ3n) is 18.1. The monoisotopic (exact) mass is 1400 g/mol. The number of ether oxygens (including phenoxy) is 4. The van der Waals surface area contributed by atoms with Gasteiger partial charge in [-0.05, 0) is 37.5 Å². The van der Waals surface area contributed by atoms with Crippen LogP contribution in [0.2, 0.25) is 0 Å². The highest BCUT2D eigenvalue weighted by molar-refractivity contribution is 7.47. The summed E-state index contributed by atoms with van der Waals surface area (Å²) < 4.78 is 68.6. The van der Waals surface area contributed by atoms with E-state index in [4.69, 9.17) is 37.0 Å². The highest BCUT2D eigenvalue weighted by atomic mass is 31.2. The van der Waals surface area contributed by atoms with Gasteiger partial charge >= 0.3 is 39.5 Å². The number of aliphatic hydroxyl groups excluding tert-OH is 1. The molecule has 0 aliphatic carbocycles. The molecule has 17 nitrogen and oxygen atoms in total. The first kappa shape index (κ1) is 93.1. The van der Waals surface area contributed by atoms with Crippen LogP contribution in [0.15, 0.2) is 0 Å². The molecule has 0 amide bonds. The van der Waals surface area contributed by atoms with E-state index in [2.05, 4.69) is 41.5 Å². The Kier molecular flexibility index (Phi) is 66.5. The predicted molar refractivity (Wildman–Crippen MR) is 386 cm³/mol. The number of esters is 4. The number of phosphoric ester groups is 2. The fourth-order valence-electron chi connectivity index (χ4n) is 11.6. The molecule has 0 saturated carbocycles. The van der Waals surface area contributed by atoms with Crippen molar-refractivity contribution in [3.8, 4) is 0 Å². The van der Waals surface area contributed by atoms with E-state index in [1.807, 2.05) is 0 Å². The largest absolute Gasteiger partial charge is 0.472 e. The number of carbonyl (C=O) groups is 4. The number of phosphoric acid groups is 2. The molecule has 0 bridgehead atoms. The number of aliphatic hydroxyl groups is 1. The highest BCUT2D eigenvalue weighted by Crippen LogP contribution is 2.45. The highest BCUT2D eigenvalue weighted by Gasteiger charge is 2.30. The molecule has 0 aromatic heterocycles. The van der Waals surface area contributed by atoms with Crippen LogP contribution in [-0.2, 0) is 65.4 Å². The van der Waals surface area contributed by atoms with E-state index in [1.165, 1.54) is 212 Å². The van der Waals surface area contributed by atoms with E-state index in [9.17, 15) is 43.2 Å². The SMILES string of the molecule is CCCCCCCCCCCCCCCC(=O)OC[C@H](COP(=O)(O)OC[C@H](O)COP(=O)(O)OC[C@@H](COC(=O)CCCCCCCCCCCCC(C)CC)OC(=O)CCCCCCCCCCCCCCC(C)C)OC(=O)CCCCCCCCCCCCCCC. The zero-order valence-corrected chi connectivity index (χ0v) is 63.8. The van der Waals surface area contributed by atoms with Gasteiger partial charge in [0.05, 0.1) is 26.4 Å². The normalized spacial score (nSPS) is 14.3. The molecule has 0 saturated heterocycles. The molecular weight excluding hydrogens is 1250 g/mol. The molecule has 0 radical (unpaired) electrons. The van der Waals surface area contributed by atoms with Gasteiger partial charge in [-0.25, -0.2) is 9.13 Å². The average Bonchev–Trinajstić information content (AvgIpc) is 2.12. The van der Waals surface area contributed by atoms with E-state index in [-0.39, 0.29) is 25.7 Å². The molecule has 0 aliphatic heterocycles. The van der Waals surface area contributed by atoms with E-state index in [0.29, 0.717) is 25.7 Å². The van der Waals surface area contributed by atoms with Crippen molar-refractivity contribution in [2.45, 2.75) is 413 Å². The second kappa shape index (κ2) is 67.9. The minimum Gasteiger partial charge on any atom is -0.462 e. The third-order valence-corrected chi connectivity index (χ3v) is 20.0. The summed E-state index contributed by atoms with van der Waals surface area (Å²) in [6.45, 7) is 9.64. The number of carbonyl (C=O) groups excluding carboxylic acids is 4. The molecule has 95 heavy (non-hydrogen) atoms. The van der Waals surface area contributed by atoms with Crippen molar-refractivity contribution in [2.75, 3.05) is 39.6 Å². The van der Waals surface area contributed by atoms with Gasteiger partial charge in [-0.15, -0.1) is 0 Å². The van der Waals surface area contributed by atoms with Crippen LogP contribution >= 0.6 is 15.6 Å². The van der Waals surface area contributed by atoms with E-state index < -0.39 is 97.5 Å². The molecule has 0 aromatic carbocycles. The Hall–Kier alpha value is -1.94. The van der Waals surface area contributed by atoms with Gasteiger partial charge in [-0.2, -0.15) is 0 Å². The Morgan fingerprint density at radius 3 is 0.800 bits per heavy atom. The van der Waals surface area contributed by atoms with Crippen molar-refractivity contribution < 1.29 is 80.2 Å². The first-order chi connectivity index (χ1) is 45.9. The molecule has 19 heteroatoms. The van der Waals surface area contributed by atoms with Gasteiger partial charge in [-0.3, -0.25) is 37.3 Å². The van der Waals surface area contributed by atoms with Crippen LogP contribution in [-0.4, -0.2) is 96.7 Å².